The molecule has 0 aliphatic heterocycles. The molecule has 1 nitrogen and oxygen atoms in total. The largest absolute Gasteiger partial charge is 0.292 e. The lowest BCUT2D eigenvalue weighted by atomic mass is 9.68. The second kappa shape index (κ2) is 3.90. The Kier molecular flexibility index (Phi) is 2.87. The van der Waals surface area contributed by atoms with Crippen molar-refractivity contribution in [3.8, 4) is 0 Å². The molecular formula is C12H11F5O. The molecule has 18 heavy (non-hydrogen) atoms. The van der Waals surface area contributed by atoms with Gasteiger partial charge in [-0.1, -0.05) is 13.3 Å². The van der Waals surface area contributed by atoms with E-state index < -0.39 is 40.5 Å². The fourth-order valence-electron chi connectivity index (χ4n) is 2.31. The number of Topliss-reactive ketones (excluding diaryl/α,β-unsaturated/α-hetero) is 1. The van der Waals surface area contributed by atoms with E-state index in [1.54, 1.807) is 6.92 Å². The molecule has 0 unspecified atom stereocenters. The van der Waals surface area contributed by atoms with Crippen LogP contribution in [0.15, 0.2) is 23.3 Å². The van der Waals surface area contributed by atoms with Crippen molar-refractivity contribution in [2.24, 2.45) is 0 Å². The summed E-state index contributed by atoms with van der Waals surface area (Å²) in [6, 6.07) is 0. The molecule has 0 radical (unpaired) electrons. The van der Waals surface area contributed by atoms with Gasteiger partial charge in [0.15, 0.2) is 11.7 Å². The molecule has 0 fully saturated rings. The van der Waals surface area contributed by atoms with E-state index in [4.69, 9.17) is 0 Å². The molecular weight excluding hydrogens is 255 g/mol. The first-order chi connectivity index (χ1) is 8.30. The molecule has 2 bridgehead atoms. The first-order valence-corrected chi connectivity index (χ1v) is 5.64. The van der Waals surface area contributed by atoms with Gasteiger partial charge in [0.05, 0.1) is 0 Å². The molecule has 0 saturated heterocycles. The van der Waals surface area contributed by atoms with Crippen LogP contribution in [0.4, 0.5) is 22.0 Å². The summed E-state index contributed by atoms with van der Waals surface area (Å²) in [6.07, 6.45) is -1.81. The van der Waals surface area contributed by atoms with Crippen LogP contribution in [0.3, 0.4) is 0 Å². The molecule has 0 aromatic carbocycles. The topological polar surface area (TPSA) is 17.1 Å². The van der Waals surface area contributed by atoms with Crippen molar-refractivity contribution in [3.63, 3.8) is 0 Å². The molecule has 3 aliphatic rings. The molecule has 0 N–H and O–H groups in total. The standard InChI is InChI=1S/C12H11F5O/c1-2-3-4-6-5-11(16)7(13)8(14)12(6,17)9(15)10(11)18/h5,9H,2-4H2,1H3/t9-,11-,12-/m1/s1. The summed E-state index contributed by atoms with van der Waals surface area (Å²) in [4.78, 5) is 11.2. The van der Waals surface area contributed by atoms with E-state index in [2.05, 4.69) is 0 Å². The summed E-state index contributed by atoms with van der Waals surface area (Å²) in [5.74, 6) is -6.22. The van der Waals surface area contributed by atoms with Gasteiger partial charge in [0.25, 0.3) is 0 Å². The Morgan fingerprint density at radius 2 is 1.89 bits per heavy atom. The number of alkyl halides is 3. The average Bonchev–Trinajstić information content (AvgIpc) is 2.35. The van der Waals surface area contributed by atoms with Crippen molar-refractivity contribution >= 4 is 5.78 Å². The number of halogens is 5. The normalized spacial score (nSPS) is 39.3. The molecule has 3 aliphatic carbocycles. The number of hydrogen-bond acceptors (Lipinski definition) is 1. The summed E-state index contributed by atoms with van der Waals surface area (Å²) in [7, 11) is 0. The van der Waals surface area contributed by atoms with Crippen LogP contribution in [0, 0.1) is 0 Å². The number of ketones is 1. The van der Waals surface area contributed by atoms with Crippen molar-refractivity contribution in [1.82, 2.24) is 0 Å². The van der Waals surface area contributed by atoms with Crippen LogP contribution in [0.1, 0.15) is 26.2 Å². The zero-order valence-electron chi connectivity index (χ0n) is 9.57. The predicted molar refractivity (Wildman–Crippen MR) is 54.4 cm³/mol. The number of fused-ring (bicyclic) bond motifs is 1. The summed E-state index contributed by atoms with van der Waals surface area (Å²) < 4.78 is 68.5. The van der Waals surface area contributed by atoms with E-state index in [-0.39, 0.29) is 6.42 Å². The SMILES string of the molecule is CCCCC1=C[C@]2(F)C(=O)[C@@H](F)[C@]1(F)C(F)=C2F. The Morgan fingerprint density at radius 1 is 1.28 bits per heavy atom. The zero-order chi connectivity index (χ0) is 13.7. The second-order valence-corrected chi connectivity index (χ2v) is 4.55. The lowest BCUT2D eigenvalue weighted by molar-refractivity contribution is -0.141. The molecule has 0 aromatic rings. The fraction of sp³-hybridized carbons (Fsp3) is 0.583. The fourth-order valence-corrected chi connectivity index (χ4v) is 2.31. The molecule has 100 valence electrons. The van der Waals surface area contributed by atoms with Crippen LogP contribution >= 0.6 is 0 Å². The van der Waals surface area contributed by atoms with Gasteiger partial charge in [-0.25, -0.2) is 22.0 Å². The first kappa shape index (κ1) is 13.2. The summed E-state index contributed by atoms with van der Waals surface area (Å²) in [5.41, 5.74) is -7.48. The third kappa shape index (κ3) is 1.34. The maximum absolute atomic E-state index is 14.3. The van der Waals surface area contributed by atoms with Crippen LogP contribution < -0.4 is 0 Å². The molecule has 0 amide bonds. The Bertz CT molecular complexity index is 469. The third-order valence-electron chi connectivity index (χ3n) is 3.41. The molecule has 0 saturated carbocycles. The Labute approximate surface area is 100 Å². The van der Waals surface area contributed by atoms with Crippen molar-refractivity contribution in [1.29, 1.82) is 0 Å². The van der Waals surface area contributed by atoms with Gasteiger partial charge in [-0.3, -0.25) is 4.79 Å². The Morgan fingerprint density at radius 3 is 2.44 bits per heavy atom. The lowest BCUT2D eigenvalue weighted by Gasteiger charge is -2.42. The van der Waals surface area contributed by atoms with Crippen molar-refractivity contribution in [2.75, 3.05) is 0 Å². The minimum Gasteiger partial charge on any atom is -0.292 e. The van der Waals surface area contributed by atoms with Crippen LogP contribution in [0.25, 0.3) is 0 Å². The second-order valence-electron chi connectivity index (χ2n) is 4.55. The first-order valence-electron chi connectivity index (χ1n) is 5.64. The molecule has 0 heterocycles. The molecule has 3 atom stereocenters. The van der Waals surface area contributed by atoms with Crippen molar-refractivity contribution in [3.05, 3.63) is 23.3 Å². The van der Waals surface area contributed by atoms with E-state index in [1.165, 1.54) is 0 Å². The minimum absolute atomic E-state index is 0.118. The minimum atomic E-state index is -3.49. The highest BCUT2D eigenvalue weighted by Gasteiger charge is 2.68. The summed E-state index contributed by atoms with van der Waals surface area (Å²) >= 11 is 0. The maximum Gasteiger partial charge on any atom is 0.244 e. The van der Waals surface area contributed by atoms with E-state index in [1.807, 2.05) is 0 Å². The van der Waals surface area contributed by atoms with Gasteiger partial charge in [-0.15, -0.1) is 0 Å². The molecule has 3 rings (SSSR count). The van der Waals surface area contributed by atoms with E-state index in [0.29, 0.717) is 18.9 Å². The van der Waals surface area contributed by atoms with E-state index in [0.717, 1.165) is 0 Å². The van der Waals surface area contributed by atoms with E-state index >= 15 is 0 Å². The Balaban J connectivity index is 2.56. The van der Waals surface area contributed by atoms with Crippen LogP contribution in [-0.4, -0.2) is 23.3 Å². The lowest BCUT2D eigenvalue weighted by Crippen LogP contribution is -2.59. The quantitative estimate of drug-likeness (QED) is 0.563. The Hall–Kier alpha value is -1.20. The number of hydrogen-bond donors (Lipinski definition) is 0. The van der Waals surface area contributed by atoms with Gasteiger partial charge in [0.1, 0.15) is 0 Å². The van der Waals surface area contributed by atoms with Crippen LogP contribution in [0.2, 0.25) is 0 Å². The summed E-state index contributed by atoms with van der Waals surface area (Å²) in [6.45, 7) is 1.75. The number of carbonyl (C=O) groups is 1. The van der Waals surface area contributed by atoms with Gasteiger partial charge in [-0.2, -0.15) is 0 Å². The van der Waals surface area contributed by atoms with Gasteiger partial charge < -0.3 is 0 Å². The number of allylic oxidation sites excluding steroid dienone is 4. The predicted octanol–water partition coefficient (Wildman–Crippen LogP) is 3.60. The van der Waals surface area contributed by atoms with Gasteiger partial charge >= 0.3 is 0 Å². The molecule has 0 spiro atoms. The van der Waals surface area contributed by atoms with Gasteiger partial charge in [0, 0.05) is 0 Å². The van der Waals surface area contributed by atoms with Crippen molar-refractivity contribution < 1.29 is 26.7 Å². The maximum atomic E-state index is 14.3. The van der Waals surface area contributed by atoms with Crippen molar-refractivity contribution in [2.45, 2.75) is 43.7 Å². The number of carbonyl (C=O) groups excluding carboxylic acids is 1. The number of unbranched alkanes of at least 4 members (excludes halogenated alkanes) is 1. The van der Waals surface area contributed by atoms with Crippen LogP contribution in [0.5, 0.6) is 0 Å². The smallest absolute Gasteiger partial charge is 0.244 e. The highest BCUT2D eigenvalue weighted by atomic mass is 19.2. The zero-order valence-corrected chi connectivity index (χ0v) is 9.57. The monoisotopic (exact) mass is 266 g/mol. The average molecular weight is 266 g/mol. The van der Waals surface area contributed by atoms with Gasteiger partial charge in [-0.05, 0) is 24.5 Å². The van der Waals surface area contributed by atoms with Gasteiger partial charge in [0.2, 0.25) is 23.3 Å². The molecule has 0 aromatic heterocycles. The number of rotatable bonds is 3. The highest BCUT2D eigenvalue weighted by Crippen LogP contribution is 2.54. The summed E-state index contributed by atoms with van der Waals surface area (Å²) in [5, 5.41) is 0. The van der Waals surface area contributed by atoms with E-state index in [9.17, 15) is 26.7 Å². The molecule has 6 heteroatoms. The third-order valence-corrected chi connectivity index (χ3v) is 3.41. The highest BCUT2D eigenvalue weighted by molar-refractivity contribution is 6.01. The van der Waals surface area contributed by atoms with Crippen LogP contribution in [-0.2, 0) is 4.79 Å².